The first kappa shape index (κ1) is 17.7. The summed E-state index contributed by atoms with van der Waals surface area (Å²) in [6.45, 7) is 2.64. The molecule has 6 heteroatoms. The van der Waals surface area contributed by atoms with Crippen molar-refractivity contribution >= 4 is 17.5 Å². The van der Waals surface area contributed by atoms with Crippen LogP contribution in [-0.2, 0) is 16.1 Å². The number of phenolic OH excluding ortho intramolecular Hbond substituents is 1. The SMILES string of the molecule is C/C(=N/NC(=O)C1CC(=O)N(Cc2ccccc2)C1)c1cccc(O)c1. The van der Waals surface area contributed by atoms with Crippen LogP contribution in [0.4, 0.5) is 0 Å². The summed E-state index contributed by atoms with van der Waals surface area (Å²) < 4.78 is 0. The van der Waals surface area contributed by atoms with Crippen LogP contribution in [-0.4, -0.2) is 34.1 Å². The average molecular weight is 351 g/mol. The average Bonchev–Trinajstić information content (AvgIpc) is 3.01. The van der Waals surface area contributed by atoms with Gasteiger partial charge in [-0.25, -0.2) is 5.43 Å². The highest BCUT2D eigenvalue weighted by molar-refractivity contribution is 5.99. The highest BCUT2D eigenvalue weighted by Gasteiger charge is 2.34. The molecule has 1 fully saturated rings. The predicted octanol–water partition coefficient (Wildman–Crippen LogP) is 2.28. The van der Waals surface area contributed by atoms with Gasteiger partial charge in [0.25, 0.3) is 0 Å². The molecule has 1 atom stereocenters. The number of phenols is 1. The zero-order chi connectivity index (χ0) is 18.5. The lowest BCUT2D eigenvalue weighted by Crippen LogP contribution is -2.30. The van der Waals surface area contributed by atoms with Gasteiger partial charge in [-0.2, -0.15) is 5.10 Å². The molecule has 2 N–H and O–H groups in total. The molecule has 1 aliphatic rings. The molecule has 2 aromatic carbocycles. The standard InChI is InChI=1S/C20H21N3O3/c1-14(16-8-5-9-18(24)10-16)21-22-20(26)17-11-19(25)23(13-17)12-15-6-3-2-4-7-15/h2-10,17,24H,11-13H2,1H3,(H,22,26)/b21-14-. The van der Waals surface area contributed by atoms with Crippen LogP contribution < -0.4 is 5.43 Å². The van der Waals surface area contributed by atoms with Gasteiger partial charge < -0.3 is 10.0 Å². The van der Waals surface area contributed by atoms with E-state index in [1.54, 1.807) is 36.1 Å². The van der Waals surface area contributed by atoms with Crippen molar-refractivity contribution in [3.05, 3.63) is 65.7 Å². The third kappa shape index (κ3) is 4.27. The number of amides is 2. The molecular formula is C20H21N3O3. The van der Waals surface area contributed by atoms with Crippen LogP contribution in [0.3, 0.4) is 0 Å². The van der Waals surface area contributed by atoms with Gasteiger partial charge in [-0.3, -0.25) is 9.59 Å². The Morgan fingerprint density at radius 3 is 2.73 bits per heavy atom. The predicted molar refractivity (Wildman–Crippen MR) is 98.4 cm³/mol. The number of hydrogen-bond acceptors (Lipinski definition) is 4. The molecule has 0 saturated carbocycles. The van der Waals surface area contributed by atoms with Crippen molar-refractivity contribution in [1.82, 2.24) is 10.3 Å². The van der Waals surface area contributed by atoms with Gasteiger partial charge in [0.2, 0.25) is 11.8 Å². The minimum Gasteiger partial charge on any atom is -0.508 e. The van der Waals surface area contributed by atoms with Crippen molar-refractivity contribution in [2.24, 2.45) is 11.0 Å². The lowest BCUT2D eigenvalue weighted by Gasteiger charge is -2.16. The van der Waals surface area contributed by atoms with Crippen molar-refractivity contribution in [3.63, 3.8) is 0 Å². The molecule has 2 amide bonds. The van der Waals surface area contributed by atoms with Crippen molar-refractivity contribution in [3.8, 4) is 5.75 Å². The molecule has 3 rings (SSSR count). The Hall–Kier alpha value is -3.15. The van der Waals surface area contributed by atoms with Gasteiger partial charge >= 0.3 is 0 Å². The number of carbonyl (C=O) groups is 2. The fraction of sp³-hybridized carbons (Fsp3) is 0.250. The first-order valence-electron chi connectivity index (χ1n) is 8.48. The Labute approximate surface area is 152 Å². The minimum atomic E-state index is -0.410. The molecule has 1 unspecified atom stereocenters. The van der Waals surface area contributed by atoms with E-state index in [1.807, 2.05) is 30.3 Å². The monoisotopic (exact) mass is 351 g/mol. The summed E-state index contributed by atoms with van der Waals surface area (Å²) >= 11 is 0. The number of carbonyl (C=O) groups excluding carboxylic acids is 2. The second-order valence-corrected chi connectivity index (χ2v) is 6.38. The zero-order valence-electron chi connectivity index (χ0n) is 14.6. The van der Waals surface area contributed by atoms with Crippen LogP contribution in [0.15, 0.2) is 59.7 Å². The molecule has 1 aliphatic heterocycles. The maximum atomic E-state index is 12.3. The molecule has 134 valence electrons. The lowest BCUT2D eigenvalue weighted by molar-refractivity contribution is -0.129. The summed E-state index contributed by atoms with van der Waals surface area (Å²) in [5, 5.41) is 13.6. The van der Waals surface area contributed by atoms with Gasteiger partial charge in [0.15, 0.2) is 0 Å². The summed E-state index contributed by atoms with van der Waals surface area (Å²) in [5.74, 6) is -0.565. The number of rotatable bonds is 5. The van der Waals surface area contributed by atoms with E-state index in [4.69, 9.17) is 0 Å². The summed E-state index contributed by atoms with van der Waals surface area (Å²) in [6, 6.07) is 16.4. The van der Waals surface area contributed by atoms with E-state index in [2.05, 4.69) is 10.5 Å². The highest BCUT2D eigenvalue weighted by atomic mass is 16.3. The van der Waals surface area contributed by atoms with E-state index in [1.165, 1.54) is 0 Å². The van der Waals surface area contributed by atoms with Crippen molar-refractivity contribution < 1.29 is 14.7 Å². The molecule has 2 aromatic rings. The third-order valence-electron chi connectivity index (χ3n) is 4.40. The van der Waals surface area contributed by atoms with Crippen molar-refractivity contribution in [2.75, 3.05) is 6.54 Å². The normalized spacial score (nSPS) is 17.4. The Bertz CT molecular complexity index is 833. The van der Waals surface area contributed by atoms with Gasteiger partial charge in [0.1, 0.15) is 5.75 Å². The summed E-state index contributed by atoms with van der Waals surface area (Å²) in [4.78, 5) is 26.2. The van der Waals surface area contributed by atoms with Gasteiger partial charge in [-0.05, 0) is 24.6 Å². The largest absolute Gasteiger partial charge is 0.508 e. The quantitative estimate of drug-likeness (QED) is 0.640. The van der Waals surface area contributed by atoms with Crippen molar-refractivity contribution in [2.45, 2.75) is 19.9 Å². The van der Waals surface area contributed by atoms with Gasteiger partial charge in [0.05, 0.1) is 11.6 Å². The number of likely N-dealkylation sites (tertiary alicyclic amines) is 1. The Kier molecular flexibility index (Phi) is 5.31. The van der Waals surface area contributed by atoms with Crippen molar-refractivity contribution in [1.29, 1.82) is 0 Å². The zero-order valence-corrected chi connectivity index (χ0v) is 14.6. The van der Waals surface area contributed by atoms with E-state index >= 15 is 0 Å². The number of nitrogens with one attached hydrogen (secondary N) is 1. The molecular weight excluding hydrogens is 330 g/mol. The van der Waals surface area contributed by atoms with E-state index in [9.17, 15) is 14.7 Å². The van der Waals surface area contributed by atoms with E-state index in [-0.39, 0.29) is 24.0 Å². The maximum Gasteiger partial charge on any atom is 0.245 e. The highest BCUT2D eigenvalue weighted by Crippen LogP contribution is 2.20. The van der Waals surface area contributed by atoms with Crippen LogP contribution in [0.1, 0.15) is 24.5 Å². The molecule has 0 aliphatic carbocycles. The molecule has 0 aromatic heterocycles. The summed E-state index contributed by atoms with van der Waals surface area (Å²) in [6.07, 6.45) is 0.194. The Morgan fingerprint density at radius 1 is 1.23 bits per heavy atom. The molecule has 1 heterocycles. The van der Waals surface area contributed by atoms with Gasteiger partial charge in [0, 0.05) is 25.1 Å². The van der Waals surface area contributed by atoms with E-state index < -0.39 is 5.92 Å². The smallest absolute Gasteiger partial charge is 0.245 e. The number of hydrazone groups is 1. The van der Waals surface area contributed by atoms with Crippen LogP contribution in [0.2, 0.25) is 0 Å². The molecule has 1 saturated heterocycles. The number of nitrogens with zero attached hydrogens (tertiary/aromatic N) is 2. The Morgan fingerprint density at radius 2 is 2.00 bits per heavy atom. The minimum absolute atomic E-state index is 0.0253. The van der Waals surface area contributed by atoms with E-state index in [0.717, 1.165) is 11.1 Å². The molecule has 0 radical (unpaired) electrons. The number of hydrogen-bond donors (Lipinski definition) is 2. The third-order valence-corrected chi connectivity index (χ3v) is 4.40. The van der Waals surface area contributed by atoms with Crippen LogP contribution >= 0.6 is 0 Å². The van der Waals surface area contributed by atoms with Crippen LogP contribution in [0.5, 0.6) is 5.75 Å². The fourth-order valence-electron chi connectivity index (χ4n) is 2.93. The van der Waals surface area contributed by atoms with Crippen LogP contribution in [0, 0.1) is 5.92 Å². The second-order valence-electron chi connectivity index (χ2n) is 6.38. The topological polar surface area (TPSA) is 82.0 Å². The van der Waals surface area contributed by atoms with Crippen LogP contribution in [0.25, 0.3) is 0 Å². The molecule has 6 nitrogen and oxygen atoms in total. The molecule has 26 heavy (non-hydrogen) atoms. The second kappa shape index (κ2) is 7.82. The van der Waals surface area contributed by atoms with E-state index in [0.29, 0.717) is 18.8 Å². The molecule has 0 spiro atoms. The maximum absolute atomic E-state index is 12.3. The molecule has 0 bridgehead atoms. The Balaban J connectivity index is 1.58. The lowest BCUT2D eigenvalue weighted by atomic mass is 10.1. The summed E-state index contributed by atoms with van der Waals surface area (Å²) in [7, 11) is 0. The number of benzene rings is 2. The number of aromatic hydroxyl groups is 1. The first-order chi connectivity index (χ1) is 12.5. The van der Waals surface area contributed by atoms with Gasteiger partial charge in [-0.1, -0.05) is 42.5 Å². The first-order valence-corrected chi connectivity index (χ1v) is 8.48. The fourth-order valence-corrected chi connectivity index (χ4v) is 2.93. The van der Waals surface area contributed by atoms with Gasteiger partial charge in [-0.15, -0.1) is 0 Å². The summed E-state index contributed by atoms with van der Waals surface area (Å²) in [5.41, 5.74) is 4.88.